The molecular weight excluding hydrogens is 382 g/mol. The van der Waals surface area contributed by atoms with Gasteiger partial charge in [0.25, 0.3) is 0 Å². The fourth-order valence-electron chi connectivity index (χ4n) is 3.41. The van der Waals surface area contributed by atoms with E-state index in [1.807, 2.05) is 42.5 Å². The number of thiophene rings is 1. The van der Waals surface area contributed by atoms with Crippen LogP contribution in [0.15, 0.2) is 54.6 Å². The number of amides is 1. The maximum atomic E-state index is 13.6. The van der Waals surface area contributed by atoms with Crippen LogP contribution in [-0.4, -0.2) is 18.8 Å². The van der Waals surface area contributed by atoms with Crippen LogP contribution in [0.2, 0.25) is 4.34 Å². The average molecular weight is 398 g/mol. The van der Waals surface area contributed by atoms with E-state index in [-0.39, 0.29) is 11.7 Å². The highest BCUT2D eigenvalue weighted by Gasteiger charge is 2.49. The molecule has 0 radical (unpaired) electrons. The van der Waals surface area contributed by atoms with Gasteiger partial charge in [0.05, 0.1) is 12.7 Å². The Bertz CT molecular complexity index is 1060. The molecule has 1 atom stereocenters. The number of ketones is 1. The minimum absolute atomic E-state index is 0.267. The third-order valence-corrected chi connectivity index (χ3v) is 6.27. The highest BCUT2D eigenvalue weighted by atomic mass is 35.5. The molecule has 1 N–H and O–H groups in total. The lowest BCUT2D eigenvalue weighted by Gasteiger charge is -2.31. The molecule has 3 aromatic rings. The minimum atomic E-state index is -1.32. The molecule has 1 amide bonds. The first-order chi connectivity index (χ1) is 13.0. The summed E-state index contributed by atoms with van der Waals surface area (Å²) < 4.78 is 5.90. The van der Waals surface area contributed by atoms with Crippen molar-refractivity contribution in [2.45, 2.75) is 12.3 Å². The van der Waals surface area contributed by atoms with Crippen molar-refractivity contribution in [3.05, 3.63) is 70.1 Å². The fraction of sp³-hybridized carbons (Fsp3) is 0.143. The summed E-state index contributed by atoms with van der Waals surface area (Å²) in [7, 11) is 1.57. The number of carbonyl (C=O) groups excluding carboxylic acids is 2. The second-order valence-electron chi connectivity index (χ2n) is 6.43. The maximum absolute atomic E-state index is 13.6. The van der Waals surface area contributed by atoms with Crippen molar-refractivity contribution >= 4 is 39.6 Å². The molecule has 4 rings (SSSR count). The molecule has 1 aliphatic rings. The first-order valence-electron chi connectivity index (χ1n) is 8.36. The Morgan fingerprint density at radius 1 is 1.00 bits per heavy atom. The van der Waals surface area contributed by atoms with Gasteiger partial charge in [0.1, 0.15) is 20.5 Å². The monoisotopic (exact) mass is 397 g/mol. The Morgan fingerprint density at radius 3 is 2.37 bits per heavy atom. The number of para-hydroxylation sites is 1. The van der Waals surface area contributed by atoms with E-state index in [9.17, 15) is 9.59 Å². The Balaban J connectivity index is 1.96. The quantitative estimate of drug-likeness (QED) is 0.620. The van der Waals surface area contributed by atoms with Gasteiger partial charge in [0, 0.05) is 11.1 Å². The van der Waals surface area contributed by atoms with Crippen molar-refractivity contribution in [2.24, 2.45) is 0 Å². The lowest BCUT2D eigenvalue weighted by atomic mass is 9.73. The van der Waals surface area contributed by atoms with Crippen molar-refractivity contribution in [3.63, 3.8) is 0 Å². The van der Waals surface area contributed by atoms with Crippen LogP contribution in [0.1, 0.15) is 22.8 Å². The number of rotatable bonds is 3. The standard InChI is InChI=1S/C21H16ClNO3S/c1-21(12-8-4-3-5-9-12)17(24)16-15(13-10-6-7-11-14(13)26-2)18(22)27-19(16)23-20(21)25/h3-11H,1-2H3,(H,23,25). The summed E-state index contributed by atoms with van der Waals surface area (Å²) in [5.41, 5.74) is 1.07. The van der Waals surface area contributed by atoms with Gasteiger partial charge in [-0.1, -0.05) is 60.1 Å². The Hall–Kier alpha value is -2.63. The predicted molar refractivity (Wildman–Crippen MR) is 108 cm³/mol. The number of methoxy groups -OCH3 is 1. The van der Waals surface area contributed by atoms with E-state index in [1.54, 1.807) is 26.2 Å². The normalized spacial score (nSPS) is 18.8. The van der Waals surface area contributed by atoms with Crippen LogP contribution in [0.25, 0.3) is 11.1 Å². The summed E-state index contributed by atoms with van der Waals surface area (Å²) in [4.78, 5) is 26.5. The molecule has 0 fully saturated rings. The molecule has 27 heavy (non-hydrogen) atoms. The predicted octanol–water partition coefficient (Wildman–Crippen LogP) is 5.17. The molecule has 0 saturated carbocycles. The molecule has 2 aromatic carbocycles. The van der Waals surface area contributed by atoms with Crippen molar-refractivity contribution in [2.75, 3.05) is 12.4 Å². The van der Waals surface area contributed by atoms with Gasteiger partial charge in [0.2, 0.25) is 5.91 Å². The molecule has 1 unspecified atom stereocenters. The van der Waals surface area contributed by atoms with E-state index in [2.05, 4.69) is 5.32 Å². The van der Waals surface area contributed by atoms with Gasteiger partial charge in [-0.15, -0.1) is 11.3 Å². The third-order valence-electron chi connectivity index (χ3n) is 4.96. The van der Waals surface area contributed by atoms with Gasteiger partial charge in [0.15, 0.2) is 5.78 Å². The number of fused-ring (bicyclic) bond motifs is 1. The zero-order valence-corrected chi connectivity index (χ0v) is 16.3. The molecule has 4 nitrogen and oxygen atoms in total. The van der Waals surface area contributed by atoms with Crippen molar-refractivity contribution in [1.82, 2.24) is 0 Å². The van der Waals surface area contributed by atoms with Gasteiger partial charge in [-0.05, 0) is 18.6 Å². The summed E-state index contributed by atoms with van der Waals surface area (Å²) in [6.07, 6.45) is 0. The van der Waals surface area contributed by atoms with Crippen LogP contribution >= 0.6 is 22.9 Å². The summed E-state index contributed by atoms with van der Waals surface area (Å²) in [6, 6.07) is 16.5. The number of nitrogens with one attached hydrogen (secondary N) is 1. The Morgan fingerprint density at radius 2 is 1.67 bits per heavy atom. The zero-order valence-electron chi connectivity index (χ0n) is 14.7. The van der Waals surface area contributed by atoms with Crippen LogP contribution in [-0.2, 0) is 10.2 Å². The van der Waals surface area contributed by atoms with Crippen LogP contribution in [0.5, 0.6) is 5.75 Å². The topological polar surface area (TPSA) is 55.4 Å². The number of halogens is 1. The molecule has 0 spiro atoms. The van der Waals surface area contributed by atoms with Crippen molar-refractivity contribution in [1.29, 1.82) is 0 Å². The largest absolute Gasteiger partial charge is 0.496 e. The first kappa shape index (κ1) is 17.8. The lowest BCUT2D eigenvalue weighted by Crippen LogP contribution is -2.48. The van der Waals surface area contributed by atoms with Crippen LogP contribution < -0.4 is 10.1 Å². The number of Topliss-reactive ketones (excluding diaryl/α,β-unsaturated/α-hetero) is 1. The van der Waals surface area contributed by atoms with Gasteiger partial charge in [-0.2, -0.15) is 0 Å². The number of anilines is 1. The molecular formula is C21H16ClNO3S. The summed E-state index contributed by atoms with van der Waals surface area (Å²) in [6.45, 7) is 1.65. The Kier molecular flexibility index (Phi) is 4.29. The smallest absolute Gasteiger partial charge is 0.243 e. The van der Waals surface area contributed by atoms with Crippen molar-refractivity contribution < 1.29 is 14.3 Å². The lowest BCUT2D eigenvalue weighted by molar-refractivity contribution is -0.119. The van der Waals surface area contributed by atoms with E-state index < -0.39 is 5.41 Å². The van der Waals surface area contributed by atoms with Gasteiger partial charge in [-0.25, -0.2) is 0 Å². The summed E-state index contributed by atoms with van der Waals surface area (Å²) >= 11 is 7.70. The van der Waals surface area contributed by atoms with Gasteiger partial charge in [-0.3, -0.25) is 9.59 Å². The second-order valence-corrected chi connectivity index (χ2v) is 8.05. The second kappa shape index (κ2) is 6.51. The molecule has 1 aliphatic heterocycles. The number of ether oxygens (including phenoxy) is 1. The molecule has 136 valence electrons. The molecule has 1 aromatic heterocycles. The third kappa shape index (κ3) is 2.58. The first-order valence-corrected chi connectivity index (χ1v) is 9.55. The highest BCUT2D eigenvalue weighted by molar-refractivity contribution is 7.21. The molecule has 0 bridgehead atoms. The van der Waals surface area contributed by atoms with Crippen LogP contribution in [0, 0.1) is 0 Å². The van der Waals surface area contributed by atoms with E-state index in [4.69, 9.17) is 16.3 Å². The summed E-state index contributed by atoms with van der Waals surface area (Å²) in [5, 5.41) is 3.36. The number of hydrogen-bond acceptors (Lipinski definition) is 4. The number of benzene rings is 2. The van der Waals surface area contributed by atoms with Gasteiger partial charge >= 0.3 is 0 Å². The molecule has 0 aliphatic carbocycles. The maximum Gasteiger partial charge on any atom is 0.243 e. The number of carbonyl (C=O) groups is 2. The van der Waals surface area contributed by atoms with Crippen molar-refractivity contribution in [3.8, 4) is 16.9 Å². The SMILES string of the molecule is COc1ccccc1-c1c(Cl)sc2c1C(=O)C(C)(c1ccccc1)C(=O)N2. The van der Waals surface area contributed by atoms with Gasteiger partial charge < -0.3 is 10.1 Å². The minimum Gasteiger partial charge on any atom is -0.496 e. The molecule has 2 heterocycles. The van der Waals surface area contributed by atoms with E-state index in [0.29, 0.717) is 31.8 Å². The highest BCUT2D eigenvalue weighted by Crippen LogP contribution is 2.50. The Labute approximate surface area is 165 Å². The molecule has 6 heteroatoms. The van der Waals surface area contributed by atoms with Crippen LogP contribution in [0.3, 0.4) is 0 Å². The zero-order chi connectivity index (χ0) is 19.2. The van der Waals surface area contributed by atoms with E-state index in [1.165, 1.54) is 11.3 Å². The van der Waals surface area contributed by atoms with E-state index >= 15 is 0 Å². The number of hydrogen-bond donors (Lipinski definition) is 1. The average Bonchev–Trinajstić information content (AvgIpc) is 3.02. The fourth-order valence-corrected chi connectivity index (χ4v) is 4.78. The summed E-state index contributed by atoms with van der Waals surface area (Å²) in [5.74, 6) is -0.00156. The van der Waals surface area contributed by atoms with Crippen LogP contribution in [0.4, 0.5) is 5.00 Å². The van der Waals surface area contributed by atoms with E-state index in [0.717, 1.165) is 5.56 Å². The molecule has 0 saturated heterocycles.